The van der Waals surface area contributed by atoms with Crippen molar-refractivity contribution in [1.82, 2.24) is 10.2 Å². The molecule has 0 aliphatic rings. The minimum Gasteiger partial charge on any atom is -0.320 e. The smallest absolute Gasteiger partial charge is 0.00638 e. The van der Waals surface area contributed by atoms with Crippen LogP contribution in [0.2, 0.25) is 0 Å². The van der Waals surface area contributed by atoms with Gasteiger partial charge in [-0.1, -0.05) is 13.3 Å². The molecule has 0 fully saturated rings. The van der Waals surface area contributed by atoms with Gasteiger partial charge < -0.3 is 10.2 Å². The van der Waals surface area contributed by atoms with Crippen molar-refractivity contribution in [1.29, 1.82) is 0 Å². The minimum atomic E-state index is 0.747. The first kappa shape index (κ1) is 12.9. The number of unbranched alkanes of at least 4 members (excludes halogenated alkanes) is 1. The van der Waals surface area contributed by atoms with Gasteiger partial charge in [-0.2, -0.15) is 0 Å². The van der Waals surface area contributed by atoms with E-state index in [1.165, 1.54) is 32.2 Å². The van der Waals surface area contributed by atoms with Crippen LogP contribution in [0.4, 0.5) is 0 Å². The fraction of sp³-hybridized carbons (Fsp3) is 1.00. The van der Waals surface area contributed by atoms with Crippen LogP contribution < -0.4 is 5.32 Å². The summed E-state index contributed by atoms with van der Waals surface area (Å²) in [5.74, 6) is 0. The van der Waals surface area contributed by atoms with Gasteiger partial charge in [0.15, 0.2) is 0 Å². The fourth-order valence-electron chi connectivity index (χ4n) is 1.54. The summed E-state index contributed by atoms with van der Waals surface area (Å²) in [6, 6.07) is 0.747. The Kier molecular flexibility index (Phi) is 8.46. The van der Waals surface area contributed by atoms with Crippen LogP contribution >= 0.6 is 0 Å². The Morgan fingerprint density at radius 1 is 1.31 bits per heavy atom. The Morgan fingerprint density at radius 2 is 2.00 bits per heavy atom. The molecule has 13 heavy (non-hydrogen) atoms. The first-order valence-electron chi connectivity index (χ1n) is 5.57. The maximum atomic E-state index is 3.18. The highest BCUT2D eigenvalue weighted by atomic mass is 15.1. The molecule has 0 spiro atoms. The lowest BCUT2D eigenvalue weighted by atomic mass is 10.1. The van der Waals surface area contributed by atoms with Crippen LogP contribution in [0.3, 0.4) is 0 Å². The van der Waals surface area contributed by atoms with Gasteiger partial charge in [-0.15, -0.1) is 0 Å². The van der Waals surface area contributed by atoms with Gasteiger partial charge in [0.1, 0.15) is 0 Å². The van der Waals surface area contributed by atoms with E-state index in [9.17, 15) is 0 Å². The topological polar surface area (TPSA) is 15.3 Å². The molecule has 0 aromatic rings. The summed E-state index contributed by atoms with van der Waals surface area (Å²) in [7, 11) is 4.25. The highest BCUT2D eigenvalue weighted by Crippen LogP contribution is 2.06. The van der Waals surface area contributed by atoms with Gasteiger partial charge in [0.2, 0.25) is 0 Å². The normalized spacial score (nSPS) is 13.6. The molecule has 80 valence electrons. The van der Waals surface area contributed by atoms with Gasteiger partial charge in [-0.3, -0.25) is 0 Å². The lowest BCUT2D eigenvalue weighted by Gasteiger charge is -2.23. The molecule has 0 radical (unpaired) electrons. The molecule has 1 N–H and O–H groups in total. The summed E-state index contributed by atoms with van der Waals surface area (Å²) < 4.78 is 0. The van der Waals surface area contributed by atoms with Gasteiger partial charge in [-0.05, 0) is 53.4 Å². The molecule has 0 amide bonds. The van der Waals surface area contributed by atoms with Crippen molar-refractivity contribution in [2.75, 3.05) is 27.2 Å². The number of nitrogens with one attached hydrogen (secondary N) is 1. The number of rotatable bonds is 8. The summed E-state index contributed by atoms with van der Waals surface area (Å²) in [5.41, 5.74) is 0. The predicted molar refractivity (Wildman–Crippen MR) is 60.2 cm³/mol. The first-order chi connectivity index (χ1) is 6.22. The second-order valence-corrected chi connectivity index (χ2v) is 3.93. The lowest BCUT2D eigenvalue weighted by molar-refractivity contribution is 0.242. The Bertz CT molecular complexity index is 104. The van der Waals surface area contributed by atoms with Gasteiger partial charge in [-0.25, -0.2) is 0 Å². The van der Waals surface area contributed by atoms with Crippen molar-refractivity contribution < 1.29 is 0 Å². The van der Waals surface area contributed by atoms with Crippen molar-refractivity contribution in [3.05, 3.63) is 0 Å². The van der Waals surface area contributed by atoms with Crippen molar-refractivity contribution >= 4 is 0 Å². The molecule has 0 saturated carbocycles. The van der Waals surface area contributed by atoms with Crippen molar-refractivity contribution in [3.8, 4) is 0 Å². The molecule has 0 aliphatic heterocycles. The van der Waals surface area contributed by atoms with E-state index in [-0.39, 0.29) is 0 Å². The zero-order valence-corrected chi connectivity index (χ0v) is 9.77. The van der Waals surface area contributed by atoms with Crippen LogP contribution in [0.5, 0.6) is 0 Å². The molecule has 0 rings (SSSR count). The molecule has 1 unspecified atom stereocenters. The average molecular weight is 186 g/mol. The van der Waals surface area contributed by atoms with E-state index >= 15 is 0 Å². The Morgan fingerprint density at radius 3 is 2.54 bits per heavy atom. The van der Waals surface area contributed by atoms with Crippen molar-refractivity contribution in [2.24, 2.45) is 0 Å². The van der Waals surface area contributed by atoms with E-state index in [4.69, 9.17) is 0 Å². The molecule has 0 aromatic heterocycles. The maximum Gasteiger partial charge on any atom is 0.00638 e. The van der Waals surface area contributed by atoms with Gasteiger partial charge >= 0.3 is 0 Å². The molecule has 1 atom stereocenters. The van der Waals surface area contributed by atoms with Crippen LogP contribution in [-0.4, -0.2) is 38.1 Å². The summed E-state index contributed by atoms with van der Waals surface area (Å²) >= 11 is 0. The van der Waals surface area contributed by atoms with Gasteiger partial charge in [0, 0.05) is 6.04 Å². The maximum absolute atomic E-state index is 3.18. The van der Waals surface area contributed by atoms with Crippen LogP contribution in [0, 0.1) is 0 Å². The molecule has 0 saturated heterocycles. The molecular formula is C11H26N2. The first-order valence-corrected chi connectivity index (χ1v) is 5.57. The lowest BCUT2D eigenvalue weighted by Crippen LogP contribution is -2.29. The van der Waals surface area contributed by atoms with Crippen molar-refractivity contribution in [2.45, 2.75) is 45.6 Å². The third-order valence-corrected chi connectivity index (χ3v) is 2.63. The number of hydrogen-bond donors (Lipinski definition) is 1. The Hall–Kier alpha value is -0.0800. The quantitative estimate of drug-likeness (QED) is 0.584. The summed E-state index contributed by atoms with van der Waals surface area (Å²) in [6.45, 7) is 6.96. The monoisotopic (exact) mass is 186 g/mol. The van der Waals surface area contributed by atoms with Crippen LogP contribution in [0.1, 0.15) is 39.5 Å². The summed E-state index contributed by atoms with van der Waals surface area (Å²) in [4.78, 5) is 2.46. The largest absolute Gasteiger partial charge is 0.320 e. The molecule has 0 bridgehead atoms. The summed E-state index contributed by atoms with van der Waals surface area (Å²) in [5, 5.41) is 3.18. The van der Waals surface area contributed by atoms with E-state index < -0.39 is 0 Å². The highest BCUT2D eigenvalue weighted by Gasteiger charge is 2.06. The highest BCUT2D eigenvalue weighted by molar-refractivity contribution is 4.62. The molecule has 0 heterocycles. The van der Waals surface area contributed by atoms with Gasteiger partial charge in [0.25, 0.3) is 0 Å². The predicted octanol–water partition coefficient (Wildman–Crippen LogP) is 2.11. The molecule has 0 aliphatic carbocycles. The van der Waals surface area contributed by atoms with E-state index in [0.717, 1.165) is 12.6 Å². The number of hydrogen-bond acceptors (Lipinski definition) is 2. The molecule has 2 heteroatoms. The Labute approximate surface area is 83.7 Å². The van der Waals surface area contributed by atoms with Crippen LogP contribution in [-0.2, 0) is 0 Å². The standard InChI is InChI=1S/C11H26N2/c1-5-10-13(4)11(2)8-6-7-9-12-3/h11-12H,5-10H2,1-4H3. The summed E-state index contributed by atoms with van der Waals surface area (Å²) in [6.07, 6.45) is 5.24. The third-order valence-electron chi connectivity index (χ3n) is 2.63. The SMILES string of the molecule is CCCN(C)C(C)CCCCNC. The molecule has 2 nitrogen and oxygen atoms in total. The second-order valence-electron chi connectivity index (χ2n) is 3.93. The fourth-order valence-corrected chi connectivity index (χ4v) is 1.54. The zero-order chi connectivity index (χ0) is 10.1. The third kappa shape index (κ3) is 7.03. The van der Waals surface area contributed by atoms with Crippen LogP contribution in [0.15, 0.2) is 0 Å². The van der Waals surface area contributed by atoms with E-state index in [2.05, 4.69) is 31.1 Å². The second kappa shape index (κ2) is 8.52. The van der Waals surface area contributed by atoms with E-state index in [1.54, 1.807) is 0 Å². The average Bonchev–Trinajstić information content (AvgIpc) is 2.12. The molecule has 0 aromatic carbocycles. The van der Waals surface area contributed by atoms with Crippen LogP contribution in [0.25, 0.3) is 0 Å². The van der Waals surface area contributed by atoms with Crippen molar-refractivity contribution in [3.63, 3.8) is 0 Å². The van der Waals surface area contributed by atoms with E-state index in [0.29, 0.717) is 0 Å². The Balaban J connectivity index is 3.32. The van der Waals surface area contributed by atoms with Gasteiger partial charge in [0.05, 0.1) is 0 Å². The number of nitrogens with zero attached hydrogens (tertiary/aromatic N) is 1. The van der Waals surface area contributed by atoms with E-state index in [1.807, 2.05) is 7.05 Å². The minimum absolute atomic E-state index is 0.747. The molecular weight excluding hydrogens is 160 g/mol. The zero-order valence-electron chi connectivity index (χ0n) is 9.77.